The van der Waals surface area contributed by atoms with Crippen molar-refractivity contribution in [3.63, 3.8) is 0 Å². The van der Waals surface area contributed by atoms with Crippen LogP contribution in [0.5, 0.6) is 0 Å². The molecule has 5 aromatic rings. The van der Waals surface area contributed by atoms with Crippen LogP contribution >= 0.6 is 0 Å². The Labute approximate surface area is 271 Å². The summed E-state index contributed by atoms with van der Waals surface area (Å²) in [6.07, 6.45) is -3.28. The molecule has 4 aromatic carbocycles. The molecule has 1 aromatic heterocycles. The Kier molecular flexibility index (Phi) is 9.95. The molecule has 2 heterocycles. The number of amides is 1. The summed E-state index contributed by atoms with van der Waals surface area (Å²) in [6.45, 7) is 2.06. The van der Waals surface area contributed by atoms with Crippen LogP contribution in [0.25, 0.3) is 32.8 Å². The number of nitrogens with one attached hydrogen (secondary N) is 1. The molecule has 0 spiro atoms. The Morgan fingerprint density at radius 3 is 2.27 bits per heavy atom. The second-order valence-corrected chi connectivity index (χ2v) is 11.2. The van der Waals surface area contributed by atoms with E-state index < -0.39 is 52.9 Å². The number of fused-ring (bicyclic) bond motifs is 2. The summed E-state index contributed by atoms with van der Waals surface area (Å²) in [5, 5.41) is 3.52. The van der Waals surface area contributed by atoms with Crippen molar-refractivity contribution in [2.75, 3.05) is 20.3 Å². The molecule has 6 rings (SSSR count). The maximum atomic E-state index is 14.6. The van der Waals surface area contributed by atoms with Crippen LogP contribution in [0, 0.1) is 18.6 Å². The van der Waals surface area contributed by atoms with Gasteiger partial charge in [0.25, 0.3) is 11.5 Å². The Morgan fingerprint density at radius 2 is 1.62 bits per heavy atom. The highest BCUT2D eigenvalue weighted by atomic mass is 19.4. The molecule has 1 aliphatic heterocycles. The van der Waals surface area contributed by atoms with E-state index >= 15 is 0 Å². The molecule has 48 heavy (non-hydrogen) atoms. The van der Waals surface area contributed by atoms with Crippen LogP contribution in [0.15, 0.2) is 77.6 Å². The number of esters is 1. The molecule has 12 heteroatoms. The second-order valence-electron chi connectivity index (χ2n) is 11.2. The zero-order chi connectivity index (χ0) is 34.7. The van der Waals surface area contributed by atoms with E-state index in [-0.39, 0.29) is 22.6 Å². The van der Waals surface area contributed by atoms with Gasteiger partial charge in [0.15, 0.2) is 0 Å². The number of ether oxygens (including phenoxy) is 2. The van der Waals surface area contributed by atoms with E-state index in [0.29, 0.717) is 23.1 Å². The Hall–Kier alpha value is -5.10. The van der Waals surface area contributed by atoms with Crippen molar-refractivity contribution in [2.24, 2.45) is 7.05 Å². The summed E-state index contributed by atoms with van der Waals surface area (Å²) in [5.74, 6) is -3.67. The topological polar surface area (TPSA) is 86.6 Å². The minimum absolute atomic E-state index is 0.0206. The lowest BCUT2D eigenvalue weighted by Crippen LogP contribution is -2.31. The third-order valence-corrected chi connectivity index (χ3v) is 8.22. The van der Waals surface area contributed by atoms with Crippen molar-refractivity contribution in [3.05, 3.63) is 117 Å². The number of aryl methyl sites for hydroxylation is 2. The van der Waals surface area contributed by atoms with Gasteiger partial charge < -0.3 is 19.4 Å². The number of hydrogen-bond donors (Lipinski definition) is 1. The van der Waals surface area contributed by atoms with E-state index in [4.69, 9.17) is 4.74 Å². The van der Waals surface area contributed by atoms with Crippen molar-refractivity contribution in [1.82, 2.24) is 9.88 Å². The minimum Gasteiger partial charge on any atom is -0.468 e. The normalized spacial score (nSPS) is 14.5. The summed E-state index contributed by atoms with van der Waals surface area (Å²) in [7, 11) is 2.66. The van der Waals surface area contributed by atoms with Gasteiger partial charge in [-0.25, -0.2) is 8.78 Å². The van der Waals surface area contributed by atoms with Gasteiger partial charge in [-0.1, -0.05) is 48.5 Å². The Morgan fingerprint density at radius 1 is 0.958 bits per heavy atom. The lowest BCUT2D eigenvalue weighted by atomic mass is 9.91. The van der Waals surface area contributed by atoms with Crippen molar-refractivity contribution >= 4 is 33.6 Å². The fraction of sp³-hybridized carbons (Fsp3) is 0.250. The van der Waals surface area contributed by atoms with E-state index in [1.165, 1.54) is 11.6 Å². The average Bonchev–Trinajstić information content (AvgIpc) is 3.60. The second kappa shape index (κ2) is 13.9. The first-order chi connectivity index (χ1) is 22.8. The number of alkyl halides is 3. The van der Waals surface area contributed by atoms with Crippen molar-refractivity contribution in [2.45, 2.75) is 32.0 Å². The molecule has 250 valence electrons. The third kappa shape index (κ3) is 6.79. The van der Waals surface area contributed by atoms with Gasteiger partial charge in [-0.05, 0) is 71.5 Å². The molecule has 0 radical (unpaired) electrons. The predicted octanol–water partition coefficient (Wildman–Crippen LogP) is 7.41. The van der Waals surface area contributed by atoms with Crippen molar-refractivity contribution in [3.8, 4) is 11.1 Å². The zero-order valence-electron chi connectivity index (χ0n) is 26.2. The zero-order valence-corrected chi connectivity index (χ0v) is 26.2. The number of rotatable bonds is 5. The van der Waals surface area contributed by atoms with Crippen LogP contribution in [-0.2, 0) is 27.5 Å². The monoisotopic (exact) mass is 666 g/mol. The summed E-state index contributed by atoms with van der Waals surface area (Å²) in [4.78, 5) is 35.4. The molecule has 7 nitrogen and oxygen atoms in total. The largest absolute Gasteiger partial charge is 0.468 e. The number of carbonyl (C=O) groups is 2. The molecule has 1 N–H and O–H groups in total. The number of hydrogen-bond acceptors (Lipinski definition) is 5. The van der Waals surface area contributed by atoms with Crippen LogP contribution in [-0.4, -0.2) is 36.7 Å². The van der Waals surface area contributed by atoms with Crippen molar-refractivity contribution < 1.29 is 41.0 Å². The number of carbonyl (C=O) groups excluding carboxylic acids is 2. The molecule has 1 unspecified atom stereocenters. The molecule has 0 bridgehead atoms. The number of aromatic nitrogens is 1. The van der Waals surface area contributed by atoms with Crippen LogP contribution in [0.4, 0.5) is 22.0 Å². The van der Waals surface area contributed by atoms with Gasteiger partial charge >= 0.3 is 12.1 Å². The number of methoxy groups -OCH3 is 1. The van der Waals surface area contributed by atoms with Gasteiger partial charge in [-0.2, -0.15) is 13.2 Å². The highest BCUT2D eigenvalue weighted by molar-refractivity contribution is 6.01. The molecule has 0 saturated carbocycles. The van der Waals surface area contributed by atoms with Crippen LogP contribution in [0.1, 0.15) is 46.0 Å². The lowest BCUT2D eigenvalue weighted by molar-refractivity contribution is -0.139. The lowest BCUT2D eigenvalue weighted by Gasteiger charge is -2.20. The fourth-order valence-electron chi connectivity index (χ4n) is 5.86. The number of halogens is 5. The number of nitrogens with zero attached hydrogens (tertiary/aromatic N) is 1. The maximum absolute atomic E-state index is 14.6. The van der Waals surface area contributed by atoms with Gasteiger partial charge in [0, 0.05) is 19.0 Å². The molecule has 1 aliphatic rings. The van der Waals surface area contributed by atoms with E-state index in [1.54, 1.807) is 42.5 Å². The molecule has 1 saturated heterocycles. The highest BCUT2D eigenvalue weighted by Gasteiger charge is 2.39. The summed E-state index contributed by atoms with van der Waals surface area (Å²) in [5.41, 5.74) is -0.379. The van der Waals surface area contributed by atoms with Crippen molar-refractivity contribution in [1.29, 1.82) is 0 Å². The first-order valence-electron chi connectivity index (χ1n) is 15.0. The maximum Gasteiger partial charge on any atom is 0.417 e. The summed E-state index contributed by atoms with van der Waals surface area (Å²) >= 11 is 0. The van der Waals surface area contributed by atoms with E-state index in [2.05, 4.69) is 4.74 Å². The molecular weight excluding hydrogens is 635 g/mol. The number of benzene rings is 4. The van der Waals surface area contributed by atoms with Crippen LogP contribution < -0.4 is 10.9 Å². The molecule has 1 amide bonds. The molecule has 1 fully saturated rings. The third-order valence-electron chi connectivity index (χ3n) is 8.22. The smallest absolute Gasteiger partial charge is 0.417 e. The quantitative estimate of drug-likeness (QED) is 0.156. The molecule has 0 aliphatic carbocycles. The SMILES string of the molecule is COC(=O)CNC(=O)c1c(F)cccc1F.Cc1cccc2c(-c3c(C(F)(F)F)c4cc(C5CCCO5)ccc4n(C)c3=O)cccc12. The van der Waals surface area contributed by atoms with Crippen LogP contribution in [0.3, 0.4) is 0 Å². The first-order valence-corrected chi connectivity index (χ1v) is 15.0. The Bertz CT molecular complexity index is 2060. The van der Waals surface area contributed by atoms with Gasteiger partial charge in [0.05, 0.1) is 29.9 Å². The van der Waals surface area contributed by atoms with E-state index in [0.717, 1.165) is 49.1 Å². The predicted molar refractivity (Wildman–Crippen MR) is 171 cm³/mol. The van der Waals surface area contributed by atoms with Gasteiger partial charge in [0.2, 0.25) is 0 Å². The Balaban J connectivity index is 0.000000238. The summed E-state index contributed by atoms with van der Waals surface area (Å²) < 4.78 is 81.2. The highest BCUT2D eigenvalue weighted by Crippen LogP contribution is 2.43. The first kappa shape index (κ1) is 34.2. The molecular formula is C36H31F5N2O5. The average molecular weight is 667 g/mol. The summed E-state index contributed by atoms with van der Waals surface area (Å²) in [6, 6.07) is 18.6. The fourth-order valence-corrected chi connectivity index (χ4v) is 5.86. The minimum atomic E-state index is -4.71. The number of pyridine rings is 1. The van der Waals surface area contributed by atoms with Crippen LogP contribution in [0.2, 0.25) is 0 Å². The van der Waals surface area contributed by atoms with Gasteiger partial charge in [-0.3, -0.25) is 14.4 Å². The standard InChI is InChI=1S/C26H22F3NO2.C10H9F2NO3/c1-15-6-3-8-18-17(15)7-4-9-19(18)23-24(26(27,28)29)20-14-16(22-10-5-13-32-22)11-12-21(20)30(2)25(23)31;1-16-8(14)5-13-10(15)9-6(11)3-2-4-7(9)12/h3-4,6-9,11-12,14,22H,5,10,13H2,1-2H3;2-4H,5H2,1H3,(H,13,15). The van der Waals surface area contributed by atoms with Gasteiger partial charge in [0.1, 0.15) is 23.7 Å². The van der Waals surface area contributed by atoms with Gasteiger partial charge in [-0.15, -0.1) is 0 Å². The molecule has 1 atom stereocenters. The van der Waals surface area contributed by atoms with E-state index in [1.807, 2.05) is 24.4 Å². The van der Waals surface area contributed by atoms with E-state index in [9.17, 15) is 36.3 Å².